The summed E-state index contributed by atoms with van der Waals surface area (Å²) in [6.45, 7) is -14.2. The van der Waals surface area contributed by atoms with E-state index in [0.29, 0.717) is 0 Å². The van der Waals surface area contributed by atoms with Crippen molar-refractivity contribution in [1.82, 2.24) is 0 Å². The minimum absolute atomic E-state index is 0.137. The molecule has 0 aliphatic carbocycles. The molecule has 68 heavy (non-hydrogen) atoms. The summed E-state index contributed by atoms with van der Waals surface area (Å²) in [5.74, 6) is -47.3. The van der Waals surface area contributed by atoms with Gasteiger partial charge in [0.15, 0.2) is 39.6 Å². The SMILES string of the molecule is CC(F)(F)C(F)(F)COC(=O)CC(=O)OCC(F)(F)C(F)F.O=C(CC(=O)OCC(F)(F)C(F)(F)F)OCC(F)(F)C(F)(F)F.O=C(CC(=O)OCC(F)(F)C(F)(F)F)OCC(F)(F)C(F)(F)F. The molecule has 12 nitrogen and oxygen atoms in total. The van der Waals surface area contributed by atoms with E-state index in [2.05, 4.69) is 28.4 Å². The lowest BCUT2D eigenvalue weighted by atomic mass is 10.2. The van der Waals surface area contributed by atoms with Gasteiger partial charge in [-0.1, -0.05) is 0 Å². The molecule has 0 aliphatic rings. The Morgan fingerprint density at radius 2 is 0.471 bits per heavy atom. The second-order valence-corrected chi connectivity index (χ2v) is 12.0. The Morgan fingerprint density at radius 1 is 0.309 bits per heavy atom. The minimum Gasteiger partial charge on any atom is -0.459 e. The fourth-order valence-corrected chi connectivity index (χ4v) is 2.21. The van der Waals surface area contributed by atoms with E-state index in [9.17, 15) is 152 Å². The molecule has 0 fully saturated rings. The van der Waals surface area contributed by atoms with Crippen molar-refractivity contribution >= 4 is 35.8 Å². The summed E-state index contributed by atoms with van der Waals surface area (Å²) >= 11 is 0. The van der Waals surface area contributed by atoms with Gasteiger partial charge in [0, 0.05) is 6.92 Å². The van der Waals surface area contributed by atoms with Gasteiger partial charge in [-0.25, -0.2) is 17.6 Å². The number of ether oxygens (including phenoxy) is 6. The monoisotopic (exact) mass is 1080 g/mol. The molecule has 0 aromatic carbocycles. The van der Waals surface area contributed by atoms with Crippen LogP contribution in [0.15, 0.2) is 0 Å². The van der Waals surface area contributed by atoms with Crippen molar-refractivity contribution in [2.45, 2.75) is 98.8 Å². The summed E-state index contributed by atoms with van der Waals surface area (Å²) in [5, 5.41) is 0. The van der Waals surface area contributed by atoms with Crippen LogP contribution in [0.25, 0.3) is 0 Å². The molecule has 0 unspecified atom stereocenters. The molecule has 402 valence electrons. The highest BCUT2D eigenvalue weighted by molar-refractivity contribution is 5.92. The quantitative estimate of drug-likeness (QED) is 0.0498. The molecule has 0 aliphatic heterocycles. The number of hydrogen-bond donors (Lipinski definition) is 0. The van der Waals surface area contributed by atoms with E-state index in [1.807, 2.05) is 0 Å². The molecule has 0 saturated heterocycles. The van der Waals surface area contributed by atoms with Crippen LogP contribution in [0, 0.1) is 0 Å². The van der Waals surface area contributed by atoms with E-state index < -0.39 is 167 Å². The van der Waals surface area contributed by atoms with E-state index in [-0.39, 0.29) is 6.92 Å². The molecule has 0 spiro atoms. The predicted molar refractivity (Wildman–Crippen MR) is 150 cm³/mol. The first-order valence-electron chi connectivity index (χ1n) is 15.8. The van der Waals surface area contributed by atoms with Crippen LogP contribution < -0.4 is 0 Å². The maximum Gasteiger partial charge on any atom is 0.456 e. The van der Waals surface area contributed by atoms with Crippen molar-refractivity contribution in [1.29, 1.82) is 0 Å². The van der Waals surface area contributed by atoms with Crippen molar-refractivity contribution < 1.29 is 180 Å². The highest BCUT2D eigenvalue weighted by Gasteiger charge is 2.61. The zero-order valence-electron chi connectivity index (χ0n) is 31.9. The molecular formula is C28H22F28O12. The fourth-order valence-electron chi connectivity index (χ4n) is 2.21. The van der Waals surface area contributed by atoms with E-state index in [1.54, 1.807) is 0 Å². The van der Waals surface area contributed by atoms with Crippen LogP contribution in [0.2, 0.25) is 0 Å². The topological polar surface area (TPSA) is 158 Å². The van der Waals surface area contributed by atoms with Crippen LogP contribution in [0.1, 0.15) is 26.2 Å². The highest BCUT2D eigenvalue weighted by Crippen LogP contribution is 2.39. The number of rotatable bonds is 20. The Hall–Kier alpha value is -5.14. The molecule has 0 aromatic heterocycles. The van der Waals surface area contributed by atoms with Gasteiger partial charge in [-0.05, 0) is 0 Å². The van der Waals surface area contributed by atoms with Gasteiger partial charge < -0.3 is 28.4 Å². The number of carbonyl (C=O) groups is 6. The summed E-state index contributed by atoms with van der Waals surface area (Å²) in [6, 6.07) is 0. The lowest BCUT2D eigenvalue weighted by Gasteiger charge is -2.22. The summed E-state index contributed by atoms with van der Waals surface area (Å²) in [5.41, 5.74) is 0. The zero-order valence-corrected chi connectivity index (χ0v) is 31.9. The zero-order chi connectivity index (χ0) is 55.1. The first-order valence-corrected chi connectivity index (χ1v) is 15.8. The van der Waals surface area contributed by atoms with Crippen molar-refractivity contribution in [2.75, 3.05) is 39.6 Å². The van der Waals surface area contributed by atoms with Gasteiger partial charge in [0.05, 0.1) is 0 Å². The molecule has 0 radical (unpaired) electrons. The van der Waals surface area contributed by atoms with Crippen LogP contribution in [-0.2, 0) is 57.2 Å². The molecule has 0 atom stereocenters. The normalized spacial score (nSPS) is 13.5. The van der Waals surface area contributed by atoms with Gasteiger partial charge in [0.1, 0.15) is 19.3 Å². The van der Waals surface area contributed by atoms with Crippen molar-refractivity contribution in [3.05, 3.63) is 0 Å². The molecular weight excluding hydrogens is 1060 g/mol. The Bertz CT molecular complexity index is 1500. The van der Waals surface area contributed by atoms with Crippen LogP contribution in [0.5, 0.6) is 0 Å². The van der Waals surface area contributed by atoms with E-state index in [1.165, 1.54) is 0 Å². The molecule has 0 saturated carbocycles. The number of alkyl halides is 28. The molecule has 0 N–H and O–H groups in total. The Labute approximate surface area is 355 Å². The summed E-state index contributed by atoms with van der Waals surface area (Å²) in [7, 11) is 0. The minimum atomic E-state index is -6.05. The smallest absolute Gasteiger partial charge is 0.456 e. The van der Waals surface area contributed by atoms with E-state index in [4.69, 9.17) is 0 Å². The van der Waals surface area contributed by atoms with Crippen LogP contribution >= 0.6 is 0 Å². The highest BCUT2D eigenvalue weighted by atomic mass is 19.4. The van der Waals surface area contributed by atoms with Gasteiger partial charge in [-0.15, -0.1) is 0 Å². The Balaban J connectivity index is -0.000000932. The largest absolute Gasteiger partial charge is 0.459 e. The average Bonchev–Trinajstić information content (AvgIpc) is 3.11. The van der Waals surface area contributed by atoms with Crippen LogP contribution in [-0.4, -0.2) is 148 Å². The second kappa shape index (κ2) is 24.4. The Morgan fingerprint density at radius 3 is 0.618 bits per heavy atom. The summed E-state index contributed by atoms with van der Waals surface area (Å²) < 4.78 is 358. The number of hydrogen-bond acceptors (Lipinski definition) is 12. The van der Waals surface area contributed by atoms with Crippen molar-refractivity contribution in [3.63, 3.8) is 0 Å². The number of halogens is 28. The predicted octanol–water partition coefficient (Wildman–Crippen LogP) is 8.37. The third-order valence-electron chi connectivity index (χ3n) is 5.98. The third kappa shape index (κ3) is 24.8. The molecule has 0 amide bonds. The van der Waals surface area contributed by atoms with Crippen LogP contribution in [0.3, 0.4) is 0 Å². The third-order valence-corrected chi connectivity index (χ3v) is 5.98. The van der Waals surface area contributed by atoms with Gasteiger partial charge in [-0.2, -0.15) is 105 Å². The fraction of sp³-hybridized carbons (Fsp3) is 0.786. The maximum absolute atomic E-state index is 12.7. The molecule has 0 heterocycles. The first-order chi connectivity index (χ1) is 29.7. The average molecular weight is 1080 g/mol. The van der Waals surface area contributed by atoms with Gasteiger partial charge >= 0.3 is 108 Å². The van der Waals surface area contributed by atoms with Crippen molar-refractivity contribution in [2.24, 2.45) is 0 Å². The number of esters is 6. The second-order valence-electron chi connectivity index (χ2n) is 12.0. The van der Waals surface area contributed by atoms with Gasteiger partial charge in [0.2, 0.25) is 0 Å². The summed E-state index contributed by atoms with van der Waals surface area (Å²) in [4.78, 5) is 64.5. The van der Waals surface area contributed by atoms with E-state index >= 15 is 0 Å². The van der Waals surface area contributed by atoms with Gasteiger partial charge in [-0.3, -0.25) is 28.8 Å². The number of carbonyl (C=O) groups excluding carboxylic acids is 6. The summed E-state index contributed by atoms with van der Waals surface area (Å²) in [6.07, 6.45) is -33.3. The Kier molecular flexibility index (Phi) is 24.1. The molecule has 0 aromatic rings. The van der Waals surface area contributed by atoms with Crippen molar-refractivity contribution in [3.8, 4) is 0 Å². The first kappa shape index (κ1) is 67.1. The lowest BCUT2D eigenvalue weighted by molar-refractivity contribution is -0.295. The molecule has 0 bridgehead atoms. The maximum atomic E-state index is 12.7. The lowest BCUT2D eigenvalue weighted by Crippen LogP contribution is -2.42. The molecule has 40 heteroatoms. The molecule has 0 rings (SSSR count). The van der Waals surface area contributed by atoms with E-state index in [0.717, 1.165) is 0 Å². The van der Waals surface area contributed by atoms with Gasteiger partial charge in [0.25, 0.3) is 0 Å². The van der Waals surface area contributed by atoms with Crippen LogP contribution in [0.4, 0.5) is 123 Å². The standard InChI is InChI=1S/C10H10F8O4.2C9H6F10O4/c1-8(13,14)10(17,18)4-22-6(20)2-5(19)21-3-9(15,16)7(11)12;2*10-6(11,8(14,15)16)2-22-4(20)1-5(21)23-3-7(12,13)9(17,18)19/h7H,2-4H2,1H3;2*1-3H2.